The van der Waals surface area contributed by atoms with Crippen LogP contribution in [-0.4, -0.2) is 26.8 Å². The first-order chi connectivity index (χ1) is 9.43. The predicted octanol–water partition coefficient (Wildman–Crippen LogP) is 3.02. The van der Waals surface area contributed by atoms with Crippen molar-refractivity contribution < 1.29 is 8.42 Å². The van der Waals surface area contributed by atoms with Gasteiger partial charge in [0.1, 0.15) is 4.21 Å². The maximum absolute atomic E-state index is 12.0. The fraction of sp³-hybridized carbons (Fsp3) is 0.154. The van der Waals surface area contributed by atoms with Gasteiger partial charge in [0.05, 0.1) is 15.8 Å². The average Bonchev–Trinajstić information content (AvgIpc) is 2.88. The molecule has 2 rings (SSSR count). The van der Waals surface area contributed by atoms with E-state index in [4.69, 9.17) is 5.26 Å². The first-order valence-electron chi connectivity index (χ1n) is 5.64. The summed E-state index contributed by atoms with van der Waals surface area (Å²) < 4.78 is 26.4. The van der Waals surface area contributed by atoms with Gasteiger partial charge in [0.2, 0.25) is 0 Å². The molecule has 2 aromatic rings. The van der Waals surface area contributed by atoms with E-state index in [1.807, 2.05) is 12.1 Å². The molecule has 0 radical (unpaired) electrons. The summed E-state index contributed by atoms with van der Waals surface area (Å²) in [5.41, 5.74) is 0.608. The zero-order chi connectivity index (χ0) is 14.8. The lowest BCUT2D eigenvalue weighted by Crippen LogP contribution is -2.21. The summed E-state index contributed by atoms with van der Waals surface area (Å²) in [4.78, 5) is 0.972. The first kappa shape index (κ1) is 15.1. The highest BCUT2D eigenvalue weighted by molar-refractivity contribution is 8.01. The fourth-order valence-corrected chi connectivity index (χ4v) is 5.12. The fourth-order valence-electron chi connectivity index (χ4n) is 1.39. The van der Waals surface area contributed by atoms with Gasteiger partial charge in [-0.15, -0.1) is 11.3 Å². The van der Waals surface area contributed by atoms with Crippen molar-refractivity contribution in [2.45, 2.75) is 13.3 Å². The van der Waals surface area contributed by atoms with Crippen molar-refractivity contribution in [2.75, 3.05) is 14.1 Å². The highest BCUT2D eigenvalue weighted by Crippen LogP contribution is 2.35. The topological polar surface area (TPSA) is 61.2 Å². The molecule has 0 fully saturated rings. The predicted molar refractivity (Wildman–Crippen MR) is 80.5 cm³/mol. The summed E-state index contributed by atoms with van der Waals surface area (Å²) in [6.07, 6.45) is 0. The van der Waals surface area contributed by atoms with E-state index in [0.29, 0.717) is 9.77 Å². The third-order valence-corrected chi connectivity index (χ3v) is 7.00. The number of sulfonamides is 1. The van der Waals surface area contributed by atoms with Crippen LogP contribution in [0.25, 0.3) is 0 Å². The molecule has 1 aromatic carbocycles. The number of hydrogen-bond acceptors (Lipinski definition) is 5. The van der Waals surface area contributed by atoms with Crippen molar-refractivity contribution >= 4 is 33.1 Å². The Morgan fingerprint density at radius 1 is 1.15 bits per heavy atom. The standard InChI is InChI=1S/C13H12N2O2S3/c1-15(2)20(16,17)13-8-7-12(19-13)18-11-5-3-10(9-14)4-6-11/h3-8H,1-2H3. The molecular formula is C13H12N2O2S3. The minimum atomic E-state index is -3.36. The van der Waals surface area contributed by atoms with Gasteiger partial charge in [-0.25, -0.2) is 12.7 Å². The van der Waals surface area contributed by atoms with E-state index in [9.17, 15) is 8.42 Å². The highest BCUT2D eigenvalue weighted by Gasteiger charge is 2.19. The van der Waals surface area contributed by atoms with E-state index in [1.165, 1.54) is 41.5 Å². The molecule has 1 heterocycles. The van der Waals surface area contributed by atoms with Crippen LogP contribution in [0.2, 0.25) is 0 Å². The van der Waals surface area contributed by atoms with Gasteiger partial charge in [0.25, 0.3) is 10.0 Å². The quantitative estimate of drug-likeness (QED) is 0.867. The maximum Gasteiger partial charge on any atom is 0.252 e. The SMILES string of the molecule is CN(C)S(=O)(=O)c1ccc(Sc2ccc(C#N)cc2)s1. The zero-order valence-corrected chi connectivity index (χ0v) is 13.3. The molecule has 0 aliphatic rings. The van der Waals surface area contributed by atoms with Gasteiger partial charge in [-0.2, -0.15) is 5.26 Å². The normalized spacial score (nSPS) is 11.5. The van der Waals surface area contributed by atoms with Gasteiger partial charge >= 0.3 is 0 Å². The molecule has 0 spiro atoms. The number of nitriles is 1. The van der Waals surface area contributed by atoms with Gasteiger partial charge in [0, 0.05) is 19.0 Å². The van der Waals surface area contributed by atoms with Crippen LogP contribution >= 0.6 is 23.1 Å². The lowest BCUT2D eigenvalue weighted by atomic mass is 10.2. The van der Waals surface area contributed by atoms with E-state index >= 15 is 0 Å². The van der Waals surface area contributed by atoms with Crippen molar-refractivity contribution in [1.82, 2.24) is 4.31 Å². The molecule has 0 saturated carbocycles. The number of nitrogens with zero attached hydrogens (tertiary/aromatic N) is 2. The van der Waals surface area contributed by atoms with Crippen molar-refractivity contribution in [1.29, 1.82) is 5.26 Å². The van der Waals surface area contributed by atoms with E-state index < -0.39 is 10.0 Å². The van der Waals surface area contributed by atoms with Crippen LogP contribution in [0.4, 0.5) is 0 Å². The molecule has 104 valence electrons. The van der Waals surface area contributed by atoms with E-state index in [2.05, 4.69) is 6.07 Å². The minimum absolute atomic E-state index is 0.332. The summed E-state index contributed by atoms with van der Waals surface area (Å²) in [7, 11) is -0.331. The summed E-state index contributed by atoms with van der Waals surface area (Å²) in [6.45, 7) is 0. The van der Waals surface area contributed by atoms with Crippen LogP contribution in [0.3, 0.4) is 0 Å². The number of hydrogen-bond donors (Lipinski definition) is 0. The van der Waals surface area contributed by atoms with Crippen LogP contribution in [0.15, 0.2) is 49.7 Å². The Balaban J connectivity index is 2.20. The molecule has 0 N–H and O–H groups in total. The van der Waals surface area contributed by atoms with Crippen LogP contribution in [0, 0.1) is 11.3 Å². The molecule has 1 aromatic heterocycles. The largest absolute Gasteiger partial charge is 0.252 e. The van der Waals surface area contributed by atoms with Crippen molar-refractivity contribution in [3.63, 3.8) is 0 Å². The highest BCUT2D eigenvalue weighted by atomic mass is 32.3. The van der Waals surface area contributed by atoms with Crippen LogP contribution in [0.1, 0.15) is 5.56 Å². The monoisotopic (exact) mass is 324 g/mol. The van der Waals surface area contributed by atoms with Crippen LogP contribution in [-0.2, 0) is 10.0 Å². The molecular weight excluding hydrogens is 312 g/mol. The third-order valence-electron chi connectivity index (χ3n) is 2.49. The zero-order valence-electron chi connectivity index (χ0n) is 10.9. The van der Waals surface area contributed by atoms with Gasteiger partial charge in [-0.05, 0) is 36.4 Å². The lowest BCUT2D eigenvalue weighted by molar-refractivity contribution is 0.523. The molecule has 20 heavy (non-hydrogen) atoms. The molecule has 0 aliphatic heterocycles. The average molecular weight is 324 g/mol. The van der Waals surface area contributed by atoms with Crippen molar-refractivity contribution in [3.05, 3.63) is 42.0 Å². The summed E-state index contributed by atoms with van der Waals surface area (Å²) in [5.74, 6) is 0. The van der Waals surface area contributed by atoms with Crippen LogP contribution in [0.5, 0.6) is 0 Å². The van der Waals surface area contributed by atoms with E-state index in [-0.39, 0.29) is 0 Å². The molecule has 4 nitrogen and oxygen atoms in total. The van der Waals surface area contributed by atoms with Crippen molar-refractivity contribution in [2.24, 2.45) is 0 Å². The minimum Gasteiger partial charge on any atom is -0.206 e. The van der Waals surface area contributed by atoms with Crippen LogP contribution < -0.4 is 0 Å². The Bertz CT molecular complexity index is 741. The molecule has 0 amide bonds. The smallest absolute Gasteiger partial charge is 0.206 e. The van der Waals surface area contributed by atoms with Gasteiger partial charge < -0.3 is 0 Å². The Hall–Kier alpha value is -1.33. The van der Waals surface area contributed by atoms with Crippen molar-refractivity contribution in [3.8, 4) is 6.07 Å². The summed E-state index contributed by atoms with van der Waals surface area (Å²) >= 11 is 2.72. The van der Waals surface area contributed by atoms with Gasteiger partial charge in [-0.1, -0.05) is 11.8 Å². The molecule has 0 bridgehead atoms. The lowest BCUT2D eigenvalue weighted by Gasteiger charge is -2.08. The van der Waals surface area contributed by atoms with E-state index in [1.54, 1.807) is 24.3 Å². The van der Waals surface area contributed by atoms with E-state index in [0.717, 1.165) is 9.10 Å². The molecule has 0 unspecified atom stereocenters. The number of benzene rings is 1. The number of thiophene rings is 1. The molecule has 7 heteroatoms. The summed E-state index contributed by atoms with van der Waals surface area (Å²) in [6, 6.07) is 12.7. The Morgan fingerprint density at radius 2 is 1.80 bits per heavy atom. The second-order valence-electron chi connectivity index (χ2n) is 4.10. The second kappa shape index (κ2) is 5.97. The molecule has 0 saturated heterocycles. The summed E-state index contributed by atoms with van der Waals surface area (Å²) in [5, 5.41) is 8.74. The van der Waals surface area contributed by atoms with Gasteiger partial charge in [-0.3, -0.25) is 0 Å². The Labute approximate surface area is 126 Å². The molecule has 0 atom stereocenters. The Morgan fingerprint density at radius 3 is 2.35 bits per heavy atom. The van der Waals surface area contributed by atoms with Gasteiger partial charge in [0.15, 0.2) is 0 Å². The maximum atomic E-state index is 12.0. The number of rotatable bonds is 4. The first-order valence-corrected chi connectivity index (χ1v) is 8.71. The second-order valence-corrected chi connectivity index (χ2v) is 8.94. The molecule has 0 aliphatic carbocycles. The third kappa shape index (κ3) is 3.22. The Kier molecular flexibility index (Phi) is 4.50.